The number of hydrogen-bond acceptors (Lipinski definition) is 5. The zero-order valence-corrected chi connectivity index (χ0v) is 14.1. The van der Waals surface area contributed by atoms with Gasteiger partial charge >= 0.3 is 0 Å². The number of nitrogens with zero attached hydrogens (tertiary/aromatic N) is 3. The molecule has 1 aromatic carbocycles. The van der Waals surface area contributed by atoms with Crippen LogP contribution in [0.3, 0.4) is 0 Å². The first-order valence-corrected chi connectivity index (χ1v) is 8.13. The predicted octanol–water partition coefficient (Wildman–Crippen LogP) is 4.27. The highest BCUT2D eigenvalue weighted by Crippen LogP contribution is 2.26. The molecule has 22 heavy (non-hydrogen) atoms. The lowest BCUT2D eigenvalue weighted by atomic mass is 10.2. The molecule has 3 aromatic rings. The summed E-state index contributed by atoms with van der Waals surface area (Å²) in [5, 5.41) is 12.0. The van der Waals surface area contributed by atoms with Crippen LogP contribution in [0.5, 0.6) is 0 Å². The topological polar surface area (TPSA) is 67.8 Å². The second-order valence-corrected chi connectivity index (χ2v) is 6.51. The number of carbonyl (C=O) groups is 1. The molecular weight excluding hydrogens is 388 g/mol. The van der Waals surface area contributed by atoms with Gasteiger partial charge in [0.05, 0.1) is 10.6 Å². The first-order valence-electron chi connectivity index (χ1n) is 6.15. The average molecular weight is 396 g/mol. The summed E-state index contributed by atoms with van der Waals surface area (Å²) in [5.74, 6) is -0.332. The van der Waals surface area contributed by atoms with E-state index in [0.29, 0.717) is 26.4 Å². The van der Waals surface area contributed by atoms with Crippen molar-refractivity contribution in [2.24, 2.45) is 0 Å². The Morgan fingerprint density at radius 1 is 1.23 bits per heavy atom. The fourth-order valence-electron chi connectivity index (χ4n) is 1.70. The summed E-state index contributed by atoms with van der Waals surface area (Å²) in [6, 6.07) is 10.6. The lowest BCUT2D eigenvalue weighted by Crippen LogP contribution is -2.12. The number of carbonyl (C=O) groups excluding carboxylic acids is 1. The minimum absolute atomic E-state index is 0.332. The van der Waals surface area contributed by atoms with Crippen LogP contribution in [0.1, 0.15) is 10.4 Å². The minimum Gasteiger partial charge on any atom is -0.296 e. The third-order valence-electron chi connectivity index (χ3n) is 2.71. The van der Waals surface area contributed by atoms with Gasteiger partial charge < -0.3 is 0 Å². The lowest BCUT2D eigenvalue weighted by molar-refractivity contribution is 0.102. The van der Waals surface area contributed by atoms with Gasteiger partial charge in [0.1, 0.15) is 5.69 Å². The van der Waals surface area contributed by atoms with Crippen molar-refractivity contribution in [2.75, 3.05) is 5.32 Å². The quantitative estimate of drug-likeness (QED) is 0.719. The van der Waals surface area contributed by atoms with Crippen molar-refractivity contribution in [1.82, 2.24) is 15.2 Å². The molecule has 2 heterocycles. The zero-order valence-electron chi connectivity index (χ0n) is 11.0. The molecule has 0 bridgehead atoms. The van der Waals surface area contributed by atoms with Crippen molar-refractivity contribution in [1.29, 1.82) is 0 Å². The monoisotopic (exact) mass is 394 g/mol. The van der Waals surface area contributed by atoms with Crippen LogP contribution < -0.4 is 5.32 Å². The summed E-state index contributed by atoms with van der Waals surface area (Å²) in [7, 11) is 0. The van der Waals surface area contributed by atoms with Crippen molar-refractivity contribution in [3.05, 3.63) is 57.7 Å². The molecule has 0 aliphatic rings. The molecule has 0 unspecified atom stereocenters. The molecule has 0 aliphatic heterocycles. The highest BCUT2D eigenvalue weighted by Gasteiger charge is 2.14. The molecule has 0 atom stereocenters. The SMILES string of the molecule is O=C(Nc1nnc(-c2ccccn2)s1)c1ccc(Br)cc1Cl. The molecule has 0 saturated carbocycles. The van der Waals surface area contributed by atoms with Crippen molar-refractivity contribution in [3.63, 3.8) is 0 Å². The first kappa shape index (κ1) is 15.1. The summed E-state index contributed by atoms with van der Waals surface area (Å²) >= 11 is 10.6. The van der Waals surface area contributed by atoms with Gasteiger partial charge in [0.25, 0.3) is 5.91 Å². The Balaban J connectivity index is 1.79. The van der Waals surface area contributed by atoms with E-state index in [-0.39, 0.29) is 5.91 Å². The Hall–Kier alpha value is -1.83. The van der Waals surface area contributed by atoms with E-state index in [1.165, 1.54) is 11.3 Å². The molecule has 1 N–H and O–H groups in total. The van der Waals surface area contributed by atoms with E-state index in [0.717, 1.165) is 4.47 Å². The van der Waals surface area contributed by atoms with Crippen molar-refractivity contribution in [3.8, 4) is 10.7 Å². The largest absolute Gasteiger partial charge is 0.296 e. The summed E-state index contributed by atoms with van der Waals surface area (Å²) in [5.41, 5.74) is 1.08. The van der Waals surface area contributed by atoms with E-state index >= 15 is 0 Å². The van der Waals surface area contributed by atoms with E-state index in [1.54, 1.807) is 24.4 Å². The third kappa shape index (κ3) is 3.32. The zero-order chi connectivity index (χ0) is 15.5. The third-order valence-corrected chi connectivity index (χ3v) is 4.37. The van der Waals surface area contributed by atoms with Gasteiger partial charge in [-0.25, -0.2) is 0 Å². The highest BCUT2D eigenvalue weighted by molar-refractivity contribution is 9.10. The number of pyridine rings is 1. The standard InChI is InChI=1S/C14H8BrClN4OS/c15-8-4-5-9(10(16)7-8)12(21)18-14-20-19-13(22-14)11-3-1-2-6-17-11/h1-7H,(H,18,20,21). The number of amides is 1. The molecule has 0 saturated heterocycles. The van der Waals surface area contributed by atoms with Crippen LogP contribution in [-0.2, 0) is 0 Å². The number of aromatic nitrogens is 3. The van der Waals surface area contributed by atoms with Crippen LogP contribution in [0.15, 0.2) is 47.1 Å². The van der Waals surface area contributed by atoms with Crippen molar-refractivity contribution in [2.45, 2.75) is 0 Å². The fourth-order valence-corrected chi connectivity index (χ4v) is 3.18. The van der Waals surface area contributed by atoms with E-state index in [4.69, 9.17) is 11.6 Å². The normalized spacial score (nSPS) is 10.5. The van der Waals surface area contributed by atoms with Gasteiger partial charge in [-0.1, -0.05) is 44.9 Å². The maximum absolute atomic E-state index is 12.2. The van der Waals surface area contributed by atoms with E-state index < -0.39 is 0 Å². The Labute approximate surface area is 143 Å². The number of hydrogen-bond donors (Lipinski definition) is 1. The maximum atomic E-state index is 12.2. The smallest absolute Gasteiger partial charge is 0.259 e. The van der Waals surface area contributed by atoms with Gasteiger partial charge in [0.15, 0.2) is 5.01 Å². The van der Waals surface area contributed by atoms with Gasteiger partial charge in [-0.15, -0.1) is 10.2 Å². The minimum atomic E-state index is -0.332. The van der Waals surface area contributed by atoms with Gasteiger partial charge in [-0.3, -0.25) is 15.1 Å². The number of rotatable bonds is 3. The van der Waals surface area contributed by atoms with E-state index in [1.807, 2.05) is 18.2 Å². The second-order valence-electron chi connectivity index (χ2n) is 4.21. The van der Waals surface area contributed by atoms with Crippen LogP contribution in [0.2, 0.25) is 5.02 Å². The molecule has 0 spiro atoms. The van der Waals surface area contributed by atoms with Gasteiger partial charge in [-0.05, 0) is 30.3 Å². The molecule has 5 nitrogen and oxygen atoms in total. The number of anilines is 1. The van der Waals surface area contributed by atoms with Crippen molar-refractivity contribution >= 4 is 49.9 Å². The molecule has 0 fully saturated rings. The first-order chi connectivity index (χ1) is 10.6. The highest BCUT2D eigenvalue weighted by atomic mass is 79.9. The van der Waals surface area contributed by atoms with E-state index in [9.17, 15) is 4.79 Å². The molecule has 0 radical (unpaired) electrons. The maximum Gasteiger partial charge on any atom is 0.259 e. The predicted molar refractivity (Wildman–Crippen MR) is 90.2 cm³/mol. The van der Waals surface area contributed by atoms with Crippen LogP contribution in [-0.4, -0.2) is 21.1 Å². The van der Waals surface area contributed by atoms with Gasteiger partial charge in [0, 0.05) is 10.7 Å². The molecule has 2 aromatic heterocycles. The van der Waals surface area contributed by atoms with Crippen LogP contribution in [0, 0.1) is 0 Å². The van der Waals surface area contributed by atoms with Crippen LogP contribution in [0.4, 0.5) is 5.13 Å². The summed E-state index contributed by atoms with van der Waals surface area (Å²) < 4.78 is 0.808. The fraction of sp³-hybridized carbons (Fsp3) is 0. The molecule has 1 amide bonds. The Morgan fingerprint density at radius 3 is 2.82 bits per heavy atom. The summed E-state index contributed by atoms with van der Waals surface area (Å²) in [4.78, 5) is 16.4. The van der Waals surface area contributed by atoms with Gasteiger partial charge in [-0.2, -0.15) is 0 Å². The Kier molecular flexibility index (Phi) is 4.47. The van der Waals surface area contributed by atoms with Crippen LogP contribution >= 0.6 is 38.9 Å². The molecule has 110 valence electrons. The summed E-state index contributed by atoms with van der Waals surface area (Å²) in [6.45, 7) is 0. The van der Waals surface area contributed by atoms with E-state index in [2.05, 4.69) is 36.4 Å². The Bertz CT molecular complexity index is 825. The number of benzene rings is 1. The van der Waals surface area contributed by atoms with Crippen molar-refractivity contribution < 1.29 is 4.79 Å². The Morgan fingerprint density at radius 2 is 2.09 bits per heavy atom. The lowest BCUT2D eigenvalue weighted by Gasteiger charge is -2.03. The van der Waals surface area contributed by atoms with Crippen LogP contribution in [0.25, 0.3) is 10.7 Å². The molecule has 0 aliphatic carbocycles. The van der Waals surface area contributed by atoms with Gasteiger partial charge in [0.2, 0.25) is 5.13 Å². The molecular formula is C14H8BrClN4OS. The summed E-state index contributed by atoms with van der Waals surface area (Å²) in [6.07, 6.45) is 1.68. The number of halogens is 2. The second kappa shape index (κ2) is 6.51. The molecule has 8 heteroatoms. The number of nitrogens with one attached hydrogen (secondary N) is 1. The molecule has 3 rings (SSSR count). The average Bonchev–Trinajstić information content (AvgIpc) is 2.96.